The topological polar surface area (TPSA) is 78.9 Å². The maximum Gasteiger partial charge on any atom is 0.308 e. The zero-order chi connectivity index (χ0) is 37.0. The summed E-state index contributed by atoms with van der Waals surface area (Å²) in [6.07, 6.45) is 5.20. The van der Waals surface area contributed by atoms with Crippen molar-refractivity contribution in [2.24, 2.45) is 28.6 Å². The molecule has 0 radical (unpaired) electrons. The van der Waals surface area contributed by atoms with Crippen LogP contribution in [0.4, 0.5) is 0 Å². The van der Waals surface area contributed by atoms with Gasteiger partial charge in [0, 0.05) is 25.8 Å². The van der Waals surface area contributed by atoms with Gasteiger partial charge in [-0.1, -0.05) is 102 Å². The predicted octanol–water partition coefficient (Wildman–Crippen LogP) is 10.7. The van der Waals surface area contributed by atoms with Gasteiger partial charge < -0.3 is 18.4 Å². The highest BCUT2D eigenvalue weighted by Crippen LogP contribution is 2.57. The molecule has 0 bridgehead atoms. The number of carbonyl (C=O) groups is 3. The summed E-state index contributed by atoms with van der Waals surface area (Å²) in [6.45, 7) is 40.0. The Hall–Kier alpha value is -0.619. The molecule has 0 N–H and O–H groups in total. The zero-order valence-corrected chi connectivity index (χ0v) is 37.1. The molecule has 1 aliphatic carbocycles. The third kappa shape index (κ3) is 12.9. The SMILES string of the molecule is C[C@@H](CCC[C@]1(C)C[C@H]1CC=O)[C@H](O[Si](C)(C)C(C)(C)C)[C@@H](C)C(=O)C(C)(C)[C@H](CC(=O)OCC[Si](C)(C)C)O[Si](C)(C)C(C)(C)C. The lowest BCUT2D eigenvalue weighted by Gasteiger charge is -2.46. The molecule has 0 aromatic carbocycles. The first-order chi connectivity index (χ1) is 20.9. The molecule has 6 nitrogen and oxygen atoms in total. The third-order valence-electron chi connectivity index (χ3n) is 12.2. The monoisotopic (exact) mass is 712 g/mol. The molecule has 0 spiro atoms. The summed E-state index contributed by atoms with van der Waals surface area (Å²) in [7, 11) is -5.91. The van der Waals surface area contributed by atoms with Gasteiger partial charge in [0.1, 0.15) is 12.1 Å². The maximum absolute atomic E-state index is 14.8. The summed E-state index contributed by atoms with van der Waals surface area (Å²) in [5.74, 6) is 0.117. The van der Waals surface area contributed by atoms with Gasteiger partial charge in [-0.15, -0.1) is 0 Å². The number of ketones is 1. The van der Waals surface area contributed by atoms with Crippen molar-refractivity contribution in [3.8, 4) is 0 Å². The van der Waals surface area contributed by atoms with Crippen LogP contribution in [0.15, 0.2) is 0 Å². The Morgan fingerprint density at radius 1 is 0.872 bits per heavy atom. The van der Waals surface area contributed by atoms with Crippen molar-refractivity contribution >= 4 is 42.7 Å². The van der Waals surface area contributed by atoms with E-state index in [1.54, 1.807) is 0 Å². The van der Waals surface area contributed by atoms with E-state index in [9.17, 15) is 14.4 Å². The molecule has 1 aliphatic rings. The average Bonchev–Trinajstić information content (AvgIpc) is 3.52. The molecule has 276 valence electrons. The first-order valence-electron chi connectivity index (χ1n) is 18.4. The summed E-state index contributed by atoms with van der Waals surface area (Å²) in [5.41, 5.74) is -0.664. The van der Waals surface area contributed by atoms with Crippen molar-refractivity contribution in [2.45, 2.75) is 189 Å². The van der Waals surface area contributed by atoms with Crippen LogP contribution in [0.1, 0.15) is 115 Å². The summed E-state index contributed by atoms with van der Waals surface area (Å²) in [4.78, 5) is 39.2. The highest BCUT2D eigenvalue weighted by molar-refractivity contribution is 6.76. The molecule has 0 aromatic rings. The number of hydrogen-bond acceptors (Lipinski definition) is 6. The van der Waals surface area contributed by atoms with E-state index in [-0.39, 0.29) is 51.6 Å². The highest BCUT2D eigenvalue weighted by Gasteiger charge is 2.51. The van der Waals surface area contributed by atoms with Gasteiger partial charge in [-0.05, 0) is 78.8 Å². The van der Waals surface area contributed by atoms with E-state index in [0.717, 1.165) is 38.0 Å². The molecule has 1 fully saturated rings. The fourth-order valence-electron chi connectivity index (χ4n) is 6.07. The largest absolute Gasteiger partial charge is 0.466 e. The van der Waals surface area contributed by atoms with Gasteiger partial charge in [0.2, 0.25) is 0 Å². The summed E-state index contributed by atoms with van der Waals surface area (Å²) in [6, 6.07) is 0.910. The molecule has 47 heavy (non-hydrogen) atoms. The van der Waals surface area contributed by atoms with Crippen molar-refractivity contribution in [1.82, 2.24) is 0 Å². The van der Waals surface area contributed by atoms with Crippen LogP contribution in [0, 0.1) is 28.6 Å². The van der Waals surface area contributed by atoms with Crippen LogP contribution in [-0.2, 0) is 28.0 Å². The number of Topliss-reactive ketones (excluding diaryl/α,β-unsaturated/α-hetero) is 1. The quantitative estimate of drug-likeness (QED) is 0.0710. The van der Waals surface area contributed by atoms with E-state index in [1.165, 1.54) is 0 Å². The third-order valence-corrected chi connectivity index (χ3v) is 22.8. The van der Waals surface area contributed by atoms with Crippen molar-refractivity contribution in [1.29, 1.82) is 0 Å². The van der Waals surface area contributed by atoms with Gasteiger partial charge in [-0.25, -0.2) is 0 Å². The Bertz CT molecular complexity index is 1050. The lowest BCUT2D eigenvalue weighted by Crippen LogP contribution is -2.54. The standard InChI is InChI=1S/C38H76O6Si3/c1-28(20-19-22-38(11)27-30(38)21-23-39)33(44-47(17,18)36(6,7)8)29(2)34(41)37(9,10)31(43-46(15,16)35(3,4)5)26-32(40)42-24-25-45(12,13)14/h23,28-31,33H,19-22,24-27H2,1-18H3/t28-,29+,30+,31-,33-,38+/m0/s1. The highest BCUT2D eigenvalue weighted by atomic mass is 28.4. The Labute approximate surface area is 293 Å². The van der Waals surface area contributed by atoms with Crippen molar-refractivity contribution in [3.63, 3.8) is 0 Å². The number of rotatable bonds is 20. The minimum absolute atomic E-state index is 0.000442. The molecule has 0 aromatic heterocycles. The van der Waals surface area contributed by atoms with E-state index in [0.29, 0.717) is 18.9 Å². The summed E-state index contributed by atoms with van der Waals surface area (Å²) in [5, 5.41) is -0.0798. The van der Waals surface area contributed by atoms with Crippen LogP contribution < -0.4 is 0 Å². The van der Waals surface area contributed by atoms with Crippen molar-refractivity contribution in [2.75, 3.05) is 6.61 Å². The van der Waals surface area contributed by atoms with E-state index < -0.39 is 36.2 Å². The molecule has 0 heterocycles. The van der Waals surface area contributed by atoms with Crippen LogP contribution in [0.25, 0.3) is 0 Å². The van der Waals surface area contributed by atoms with E-state index in [4.69, 9.17) is 13.6 Å². The molecule has 0 aliphatic heterocycles. The Kier molecular flexibility index (Phi) is 15.3. The first kappa shape index (κ1) is 44.4. The molecular weight excluding hydrogens is 637 g/mol. The van der Waals surface area contributed by atoms with Crippen LogP contribution in [0.2, 0.25) is 61.9 Å². The minimum atomic E-state index is -2.34. The fourth-order valence-corrected chi connectivity index (χ4v) is 9.69. The van der Waals surface area contributed by atoms with Gasteiger partial charge in [-0.3, -0.25) is 9.59 Å². The number of carbonyl (C=O) groups excluding carboxylic acids is 3. The lowest BCUT2D eigenvalue weighted by atomic mass is 9.73. The molecule has 9 heteroatoms. The van der Waals surface area contributed by atoms with Crippen molar-refractivity contribution in [3.05, 3.63) is 0 Å². The molecular formula is C38H76O6Si3. The maximum atomic E-state index is 14.8. The smallest absolute Gasteiger partial charge is 0.308 e. The Morgan fingerprint density at radius 2 is 1.38 bits per heavy atom. The average molecular weight is 713 g/mol. The second-order valence-electron chi connectivity index (χ2n) is 20.1. The minimum Gasteiger partial charge on any atom is -0.466 e. The zero-order valence-electron chi connectivity index (χ0n) is 34.1. The normalized spacial score (nSPS) is 22.3. The molecule has 0 saturated heterocycles. The molecule has 6 atom stereocenters. The van der Waals surface area contributed by atoms with Crippen molar-refractivity contribution < 1.29 is 28.0 Å². The Morgan fingerprint density at radius 3 is 1.85 bits per heavy atom. The molecule has 0 amide bonds. The molecule has 1 rings (SSSR count). The van der Waals surface area contributed by atoms with Gasteiger partial charge in [0.15, 0.2) is 16.6 Å². The summed E-state index contributed by atoms with van der Waals surface area (Å²) < 4.78 is 19.9. The second-order valence-corrected chi connectivity index (χ2v) is 35.3. The van der Waals surface area contributed by atoms with Crippen LogP contribution in [0.3, 0.4) is 0 Å². The number of esters is 1. The van der Waals surface area contributed by atoms with Gasteiger partial charge in [0.25, 0.3) is 0 Å². The van der Waals surface area contributed by atoms with E-state index in [1.807, 2.05) is 20.8 Å². The Balaban J connectivity index is 3.37. The first-order valence-corrected chi connectivity index (χ1v) is 27.9. The van der Waals surface area contributed by atoms with Gasteiger partial charge in [0.05, 0.1) is 25.2 Å². The lowest BCUT2D eigenvalue weighted by molar-refractivity contribution is -0.150. The number of ether oxygens (including phenoxy) is 1. The summed E-state index contributed by atoms with van der Waals surface area (Å²) >= 11 is 0. The molecule has 1 saturated carbocycles. The predicted molar refractivity (Wildman–Crippen MR) is 206 cm³/mol. The van der Waals surface area contributed by atoms with E-state index >= 15 is 0 Å². The fraction of sp³-hybridized carbons (Fsp3) is 0.921. The van der Waals surface area contributed by atoms with Gasteiger partial charge >= 0.3 is 5.97 Å². The second kappa shape index (κ2) is 16.2. The van der Waals surface area contributed by atoms with Gasteiger partial charge in [-0.2, -0.15) is 0 Å². The van der Waals surface area contributed by atoms with Crippen LogP contribution >= 0.6 is 0 Å². The van der Waals surface area contributed by atoms with Crippen LogP contribution in [-0.4, -0.2) is 61.6 Å². The molecule has 0 unspecified atom stereocenters. The number of aldehydes is 1. The van der Waals surface area contributed by atoms with Crippen LogP contribution in [0.5, 0.6) is 0 Å². The number of hydrogen-bond donors (Lipinski definition) is 0. The van der Waals surface area contributed by atoms with E-state index in [2.05, 4.69) is 101 Å².